The summed E-state index contributed by atoms with van der Waals surface area (Å²) >= 11 is 0. The molecular weight excluding hydrogens is 289 g/mol. The van der Waals surface area contributed by atoms with Crippen molar-refractivity contribution in [3.8, 4) is 0 Å². The largest absolute Gasteiger partial charge is 0.480 e. The fourth-order valence-corrected chi connectivity index (χ4v) is 3.43. The minimum absolute atomic E-state index is 0.0444. The Hall–Kier alpha value is -1.51. The summed E-state index contributed by atoms with van der Waals surface area (Å²) in [5.74, 6) is -1.81. The molecule has 1 heterocycles. The summed E-state index contributed by atoms with van der Waals surface area (Å²) in [5.41, 5.74) is -1.58. The Morgan fingerprint density at radius 2 is 1.80 bits per heavy atom. The van der Waals surface area contributed by atoms with Gasteiger partial charge in [-0.1, -0.05) is 0 Å². The molecule has 2 N–H and O–H groups in total. The smallest absolute Gasteiger partial charge is 0.325 e. The van der Waals surface area contributed by atoms with Gasteiger partial charge in [-0.3, -0.25) is 4.79 Å². The molecule has 2 rings (SSSR count). The van der Waals surface area contributed by atoms with Crippen LogP contribution in [0.1, 0.15) is 12.8 Å². The third-order valence-corrected chi connectivity index (χ3v) is 4.76. The van der Waals surface area contributed by atoms with E-state index in [0.29, 0.717) is 0 Å². The maximum atomic E-state index is 12.8. The Balaban J connectivity index is 2.30. The van der Waals surface area contributed by atoms with Gasteiger partial charge >= 0.3 is 5.97 Å². The molecule has 0 unspecified atom stereocenters. The minimum Gasteiger partial charge on any atom is -0.480 e. The summed E-state index contributed by atoms with van der Waals surface area (Å²) < 4.78 is 44.5. The van der Waals surface area contributed by atoms with Crippen LogP contribution in [-0.4, -0.2) is 38.2 Å². The zero-order valence-corrected chi connectivity index (χ0v) is 11.3. The van der Waals surface area contributed by atoms with Crippen LogP contribution in [0.25, 0.3) is 0 Å². The van der Waals surface area contributed by atoms with Crippen LogP contribution < -0.4 is 4.72 Å². The molecule has 0 radical (unpaired) electrons. The number of benzene rings is 1. The van der Waals surface area contributed by atoms with Crippen LogP contribution in [0.4, 0.5) is 4.39 Å². The quantitative estimate of drug-likeness (QED) is 0.855. The van der Waals surface area contributed by atoms with E-state index in [1.54, 1.807) is 0 Å². The molecule has 0 atom stereocenters. The predicted octanol–water partition coefficient (Wildman–Crippen LogP) is 0.738. The molecule has 0 saturated carbocycles. The van der Waals surface area contributed by atoms with Gasteiger partial charge < -0.3 is 9.84 Å². The molecule has 1 aromatic rings. The topological polar surface area (TPSA) is 92.7 Å². The number of rotatable bonds is 4. The number of carbonyl (C=O) groups is 1. The average Bonchev–Trinajstić information content (AvgIpc) is 2.39. The second kappa shape index (κ2) is 5.47. The molecule has 1 saturated heterocycles. The summed E-state index contributed by atoms with van der Waals surface area (Å²) in [6, 6.07) is 4.19. The first-order chi connectivity index (χ1) is 9.36. The van der Waals surface area contributed by atoms with Crippen LogP contribution in [-0.2, 0) is 19.6 Å². The van der Waals surface area contributed by atoms with Crippen molar-refractivity contribution < 1.29 is 27.4 Å². The van der Waals surface area contributed by atoms with Crippen molar-refractivity contribution in [2.24, 2.45) is 0 Å². The van der Waals surface area contributed by atoms with E-state index in [-0.39, 0.29) is 31.0 Å². The zero-order chi connectivity index (χ0) is 14.8. The monoisotopic (exact) mass is 303 g/mol. The zero-order valence-electron chi connectivity index (χ0n) is 10.5. The molecule has 1 aliphatic heterocycles. The fraction of sp³-hybridized carbons (Fsp3) is 0.417. The van der Waals surface area contributed by atoms with Crippen molar-refractivity contribution in [3.63, 3.8) is 0 Å². The van der Waals surface area contributed by atoms with Crippen LogP contribution in [0.2, 0.25) is 0 Å². The Morgan fingerprint density at radius 1 is 1.25 bits per heavy atom. The molecule has 0 aromatic heterocycles. The Morgan fingerprint density at radius 3 is 2.30 bits per heavy atom. The van der Waals surface area contributed by atoms with Crippen molar-refractivity contribution >= 4 is 16.0 Å². The molecule has 0 spiro atoms. The number of hydrogen-bond acceptors (Lipinski definition) is 4. The van der Waals surface area contributed by atoms with E-state index in [2.05, 4.69) is 4.72 Å². The first-order valence-corrected chi connectivity index (χ1v) is 7.45. The number of carboxylic acid groups (broad SMARTS) is 1. The van der Waals surface area contributed by atoms with Crippen molar-refractivity contribution in [3.05, 3.63) is 30.1 Å². The summed E-state index contributed by atoms with van der Waals surface area (Å²) in [6.07, 6.45) is 0.0888. The van der Waals surface area contributed by atoms with Gasteiger partial charge in [-0.25, -0.2) is 12.8 Å². The van der Waals surface area contributed by atoms with E-state index in [9.17, 15) is 22.7 Å². The van der Waals surface area contributed by atoms with Gasteiger partial charge in [-0.15, -0.1) is 0 Å². The number of nitrogens with one attached hydrogen (secondary N) is 1. The third kappa shape index (κ3) is 2.97. The third-order valence-electron chi connectivity index (χ3n) is 3.21. The lowest BCUT2D eigenvalue weighted by Crippen LogP contribution is -2.57. The van der Waals surface area contributed by atoms with Gasteiger partial charge in [0.1, 0.15) is 11.4 Å². The Kier molecular flexibility index (Phi) is 4.07. The number of halogens is 1. The van der Waals surface area contributed by atoms with Gasteiger partial charge in [0.25, 0.3) is 0 Å². The van der Waals surface area contributed by atoms with E-state index in [1.165, 1.54) is 0 Å². The lowest BCUT2D eigenvalue weighted by Gasteiger charge is -2.33. The van der Waals surface area contributed by atoms with Gasteiger partial charge in [-0.05, 0) is 24.3 Å². The van der Waals surface area contributed by atoms with Crippen molar-refractivity contribution in [2.45, 2.75) is 23.3 Å². The minimum atomic E-state index is -4.03. The van der Waals surface area contributed by atoms with Gasteiger partial charge in [0.15, 0.2) is 0 Å². The van der Waals surface area contributed by atoms with E-state index < -0.39 is 27.3 Å². The second-order valence-electron chi connectivity index (χ2n) is 4.56. The van der Waals surface area contributed by atoms with Crippen LogP contribution in [0, 0.1) is 5.82 Å². The molecule has 8 heteroatoms. The first-order valence-electron chi connectivity index (χ1n) is 5.96. The van der Waals surface area contributed by atoms with E-state index in [0.717, 1.165) is 24.3 Å². The van der Waals surface area contributed by atoms with E-state index in [1.807, 2.05) is 0 Å². The predicted molar refractivity (Wildman–Crippen MR) is 67.1 cm³/mol. The fourth-order valence-electron chi connectivity index (χ4n) is 2.01. The maximum Gasteiger partial charge on any atom is 0.325 e. The Bertz CT molecular complexity index is 593. The van der Waals surface area contributed by atoms with E-state index in [4.69, 9.17) is 4.74 Å². The molecule has 1 aromatic carbocycles. The van der Waals surface area contributed by atoms with Crippen LogP contribution >= 0.6 is 0 Å². The molecule has 1 fully saturated rings. The highest BCUT2D eigenvalue weighted by Crippen LogP contribution is 2.24. The normalized spacial score (nSPS) is 18.6. The van der Waals surface area contributed by atoms with Crippen molar-refractivity contribution in [1.82, 2.24) is 4.72 Å². The van der Waals surface area contributed by atoms with Gasteiger partial charge in [0.05, 0.1) is 4.90 Å². The lowest BCUT2D eigenvalue weighted by atomic mass is 9.92. The van der Waals surface area contributed by atoms with Gasteiger partial charge in [0.2, 0.25) is 10.0 Å². The molecule has 0 amide bonds. The summed E-state index contributed by atoms with van der Waals surface area (Å²) in [5, 5.41) is 9.30. The highest BCUT2D eigenvalue weighted by molar-refractivity contribution is 7.89. The number of sulfonamides is 1. The number of aliphatic carboxylic acids is 1. The van der Waals surface area contributed by atoms with Gasteiger partial charge in [-0.2, -0.15) is 4.72 Å². The second-order valence-corrected chi connectivity index (χ2v) is 6.24. The molecule has 0 bridgehead atoms. The number of hydrogen-bond donors (Lipinski definition) is 2. The maximum absolute atomic E-state index is 12.8. The van der Waals surface area contributed by atoms with Crippen LogP contribution in [0.5, 0.6) is 0 Å². The standard InChI is InChI=1S/C12H14FNO5S/c13-9-1-3-10(4-2-9)20(17,18)14-12(11(15)16)5-7-19-8-6-12/h1-4,14H,5-8H2,(H,15,16). The van der Waals surface area contributed by atoms with Crippen LogP contribution in [0.15, 0.2) is 29.2 Å². The first kappa shape index (κ1) is 14.9. The SMILES string of the molecule is O=C(O)C1(NS(=O)(=O)c2ccc(F)cc2)CCOCC1. The van der Waals surface area contributed by atoms with Crippen molar-refractivity contribution in [2.75, 3.05) is 13.2 Å². The lowest BCUT2D eigenvalue weighted by molar-refractivity contribution is -0.147. The average molecular weight is 303 g/mol. The molecule has 110 valence electrons. The van der Waals surface area contributed by atoms with Gasteiger partial charge in [0, 0.05) is 26.1 Å². The molecular formula is C12H14FNO5S. The molecule has 1 aliphatic rings. The van der Waals surface area contributed by atoms with Crippen LogP contribution in [0.3, 0.4) is 0 Å². The Labute approximate surface area is 115 Å². The van der Waals surface area contributed by atoms with E-state index >= 15 is 0 Å². The summed E-state index contributed by atoms with van der Waals surface area (Å²) in [7, 11) is -4.03. The number of ether oxygens (including phenoxy) is 1. The number of carboxylic acids is 1. The molecule has 20 heavy (non-hydrogen) atoms. The summed E-state index contributed by atoms with van der Waals surface area (Å²) in [4.78, 5) is 11.2. The molecule has 0 aliphatic carbocycles. The highest BCUT2D eigenvalue weighted by Gasteiger charge is 2.43. The summed E-state index contributed by atoms with van der Waals surface area (Å²) in [6.45, 7) is 0.330. The molecule has 6 nitrogen and oxygen atoms in total. The highest BCUT2D eigenvalue weighted by atomic mass is 32.2. The van der Waals surface area contributed by atoms with Crippen molar-refractivity contribution in [1.29, 1.82) is 0 Å².